The first kappa shape index (κ1) is 17.4. The molecule has 0 unspecified atom stereocenters. The molecule has 1 aliphatic rings. The first-order valence-corrected chi connectivity index (χ1v) is 8.92. The molecule has 3 rings (SSSR count). The van der Waals surface area contributed by atoms with Crippen molar-refractivity contribution in [1.82, 2.24) is 5.32 Å². The minimum Gasteiger partial charge on any atom is -0.345 e. The highest BCUT2D eigenvalue weighted by Crippen LogP contribution is 2.21. The fourth-order valence-corrected chi connectivity index (χ4v) is 3.26. The molecule has 0 radical (unpaired) electrons. The number of Topliss-reactive ketones (excluding diaryl/α,β-unsaturated/α-hetero) is 1. The molecule has 2 aromatic carbocycles. The van der Waals surface area contributed by atoms with E-state index >= 15 is 0 Å². The predicted octanol–water partition coefficient (Wildman–Crippen LogP) is 1.78. The number of benzene rings is 2. The molecule has 0 spiro atoms. The summed E-state index contributed by atoms with van der Waals surface area (Å²) in [6, 6.07) is 18.5. The van der Waals surface area contributed by atoms with Gasteiger partial charge in [-0.15, -0.1) is 0 Å². The van der Waals surface area contributed by atoms with Gasteiger partial charge >= 0.3 is 0 Å². The van der Waals surface area contributed by atoms with Crippen LogP contribution >= 0.6 is 0 Å². The Morgan fingerprint density at radius 1 is 1.00 bits per heavy atom. The van der Waals surface area contributed by atoms with E-state index in [1.54, 1.807) is 0 Å². The summed E-state index contributed by atoms with van der Waals surface area (Å²) in [5, 5.41) is 3.07. The second-order valence-electron chi connectivity index (χ2n) is 6.74. The molecule has 25 heavy (non-hydrogen) atoms. The van der Waals surface area contributed by atoms with Crippen molar-refractivity contribution in [3.63, 3.8) is 0 Å². The van der Waals surface area contributed by atoms with Crippen LogP contribution in [0.3, 0.4) is 0 Å². The lowest BCUT2D eigenvalue weighted by Crippen LogP contribution is -3.14. The molecular weight excluding hydrogens is 312 g/mol. The van der Waals surface area contributed by atoms with Gasteiger partial charge in [0.25, 0.3) is 5.91 Å². The zero-order valence-corrected chi connectivity index (χ0v) is 14.6. The highest BCUT2D eigenvalue weighted by Gasteiger charge is 2.22. The van der Waals surface area contributed by atoms with Gasteiger partial charge in [-0.25, -0.2) is 0 Å². The summed E-state index contributed by atoms with van der Waals surface area (Å²) in [6.45, 7) is 3.99. The molecule has 4 heteroatoms. The van der Waals surface area contributed by atoms with Gasteiger partial charge in [0.15, 0.2) is 6.54 Å². The third-order valence-electron chi connectivity index (χ3n) is 4.82. The summed E-state index contributed by atoms with van der Waals surface area (Å²) in [7, 11) is 0. The van der Waals surface area contributed by atoms with Gasteiger partial charge < -0.3 is 10.2 Å². The zero-order valence-electron chi connectivity index (χ0n) is 14.6. The topological polar surface area (TPSA) is 50.6 Å². The summed E-state index contributed by atoms with van der Waals surface area (Å²) in [5.74, 6) is 0.361. The quantitative estimate of drug-likeness (QED) is 0.874. The Morgan fingerprint density at radius 3 is 2.24 bits per heavy atom. The Kier molecular flexibility index (Phi) is 5.61. The monoisotopic (exact) mass is 337 g/mol. The minimum atomic E-state index is -0.0249. The van der Waals surface area contributed by atoms with Crippen molar-refractivity contribution in [2.75, 3.05) is 19.6 Å². The van der Waals surface area contributed by atoms with Crippen LogP contribution in [0, 0.1) is 0 Å². The number of carbonyl (C=O) groups excluding carboxylic acids is 2. The standard InChI is InChI=1S/C21H24N2O2/c1-16(22-21(25)15-23-13-11-20(24)12-14-23)17-7-9-19(10-8-17)18-5-3-2-4-6-18/h2-10,16H,11-15H2,1H3,(H,22,25)/p+1/t16-/m1/s1. The molecule has 2 aromatic rings. The first-order valence-electron chi connectivity index (χ1n) is 8.92. The second kappa shape index (κ2) is 8.08. The van der Waals surface area contributed by atoms with E-state index in [0.29, 0.717) is 25.2 Å². The molecule has 2 N–H and O–H groups in total. The maximum Gasteiger partial charge on any atom is 0.275 e. The molecular formula is C21H25N2O2+. The van der Waals surface area contributed by atoms with Gasteiger partial charge in [-0.3, -0.25) is 9.59 Å². The molecule has 0 bridgehead atoms. The molecule has 1 aliphatic heterocycles. The van der Waals surface area contributed by atoms with Crippen LogP contribution in [0.2, 0.25) is 0 Å². The molecule has 1 heterocycles. The number of rotatable bonds is 5. The molecule has 0 saturated carbocycles. The number of likely N-dealkylation sites (tertiary alicyclic amines) is 1. The van der Waals surface area contributed by atoms with Gasteiger partial charge in [-0.05, 0) is 23.6 Å². The van der Waals surface area contributed by atoms with Crippen LogP contribution in [-0.4, -0.2) is 31.3 Å². The van der Waals surface area contributed by atoms with Crippen LogP contribution < -0.4 is 10.2 Å². The lowest BCUT2D eigenvalue weighted by molar-refractivity contribution is -0.893. The van der Waals surface area contributed by atoms with E-state index in [4.69, 9.17) is 0 Å². The number of ketones is 1. The SMILES string of the molecule is C[C@@H](NC(=O)C[NH+]1CCC(=O)CC1)c1ccc(-c2ccccc2)cc1. The van der Waals surface area contributed by atoms with E-state index in [-0.39, 0.29) is 11.9 Å². The number of nitrogens with one attached hydrogen (secondary N) is 2. The third kappa shape index (κ3) is 4.77. The van der Waals surface area contributed by atoms with Gasteiger partial charge in [-0.2, -0.15) is 0 Å². The van der Waals surface area contributed by atoms with Gasteiger partial charge in [0.05, 0.1) is 32.0 Å². The lowest BCUT2D eigenvalue weighted by atomic mass is 10.0. The van der Waals surface area contributed by atoms with Crippen molar-refractivity contribution in [3.8, 4) is 11.1 Å². The summed E-state index contributed by atoms with van der Waals surface area (Å²) < 4.78 is 0. The average molecular weight is 337 g/mol. The maximum absolute atomic E-state index is 12.2. The van der Waals surface area contributed by atoms with Crippen molar-refractivity contribution < 1.29 is 14.5 Å². The number of quaternary nitrogens is 1. The van der Waals surface area contributed by atoms with Crippen LogP contribution in [0.15, 0.2) is 54.6 Å². The minimum absolute atomic E-state index is 0.0249. The van der Waals surface area contributed by atoms with Crippen LogP contribution in [0.5, 0.6) is 0 Å². The van der Waals surface area contributed by atoms with Gasteiger partial charge in [-0.1, -0.05) is 54.6 Å². The number of hydrogen-bond donors (Lipinski definition) is 2. The van der Waals surface area contributed by atoms with E-state index in [1.807, 2.05) is 25.1 Å². The average Bonchev–Trinajstić information content (AvgIpc) is 2.64. The maximum atomic E-state index is 12.2. The van der Waals surface area contributed by atoms with E-state index in [1.165, 1.54) is 16.0 Å². The number of carbonyl (C=O) groups is 2. The largest absolute Gasteiger partial charge is 0.345 e. The molecule has 0 aromatic heterocycles. The van der Waals surface area contributed by atoms with E-state index < -0.39 is 0 Å². The van der Waals surface area contributed by atoms with Crippen LogP contribution in [-0.2, 0) is 9.59 Å². The molecule has 1 fully saturated rings. The Balaban J connectivity index is 1.55. The molecule has 1 saturated heterocycles. The van der Waals surface area contributed by atoms with Crippen molar-refractivity contribution in [2.24, 2.45) is 0 Å². The summed E-state index contributed by atoms with van der Waals surface area (Å²) in [5.41, 5.74) is 3.45. The highest BCUT2D eigenvalue weighted by atomic mass is 16.2. The van der Waals surface area contributed by atoms with Gasteiger partial charge in [0, 0.05) is 0 Å². The van der Waals surface area contributed by atoms with Crippen LogP contribution in [0.25, 0.3) is 11.1 Å². The van der Waals surface area contributed by atoms with Crippen molar-refractivity contribution in [2.45, 2.75) is 25.8 Å². The predicted molar refractivity (Wildman–Crippen MR) is 98.2 cm³/mol. The summed E-state index contributed by atoms with van der Waals surface area (Å²) in [6.07, 6.45) is 1.19. The van der Waals surface area contributed by atoms with E-state index in [9.17, 15) is 9.59 Å². The number of hydrogen-bond acceptors (Lipinski definition) is 2. The lowest BCUT2D eigenvalue weighted by Gasteiger charge is -2.23. The zero-order chi connectivity index (χ0) is 17.6. The van der Waals surface area contributed by atoms with Crippen molar-refractivity contribution in [1.29, 1.82) is 0 Å². The van der Waals surface area contributed by atoms with Crippen molar-refractivity contribution >= 4 is 11.7 Å². The van der Waals surface area contributed by atoms with E-state index in [0.717, 1.165) is 18.7 Å². The third-order valence-corrected chi connectivity index (χ3v) is 4.82. The highest BCUT2D eigenvalue weighted by molar-refractivity contribution is 5.79. The fourth-order valence-electron chi connectivity index (χ4n) is 3.26. The summed E-state index contributed by atoms with van der Waals surface area (Å²) >= 11 is 0. The molecule has 1 atom stereocenters. The van der Waals surface area contributed by atoms with Crippen molar-refractivity contribution in [3.05, 3.63) is 60.2 Å². The smallest absolute Gasteiger partial charge is 0.275 e. The normalized spacial score (nSPS) is 16.4. The molecule has 1 amide bonds. The molecule has 0 aliphatic carbocycles. The number of piperidine rings is 1. The Bertz CT molecular complexity index is 715. The summed E-state index contributed by atoms with van der Waals surface area (Å²) in [4.78, 5) is 24.7. The Labute approximate surface area is 148 Å². The van der Waals surface area contributed by atoms with Gasteiger partial charge in [0.2, 0.25) is 0 Å². The van der Waals surface area contributed by atoms with Crippen LogP contribution in [0.4, 0.5) is 0 Å². The van der Waals surface area contributed by atoms with Crippen LogP contribution in [0.1, 0.15) is 31.4 Å². The van der Waals surface area contributed by atoms with Gasteiger partial charge in [0.1, 0.15) is 5.78 Å². The molecule has 130 valence electrons. The van der Waals surface area contributed by atoms with E-state index in [2.05, 4.69) is 41.7 Å². The second-order valence-corrected chi connectivity index (χ2v) is 6.74. The molecule has 4 nitrogen and oxygen atoms in total. The first-order chi connectivity index (χ1) is 12.1. The number of amides is 1. The Morgan fingerprint density at radius 2 is 1.60 bits per heavy atom. The fraction of sp³-hybridized carbons (Fsp3) is 0.333. The Hall–Kier alpha value is -2.46.